The van der Waals surface area contributed by atoms with E-state index in [9.17, 15) is 10.1 Å². The van der Waals surface area contributed by atoms with Crippen LogP contribution in [0.2, 0.25) is 0 Å². The number of ether oxygens (including phenoxy) is 1. The fourth-order valence-electron chi connectivity index (χ4n) is 3.87. The molecule has 1 N–H and O–H groups in total. The molecule has 2 heterocycles. The Morgan fingerprint density at radius 1 is 1.11 bits per heavy atom. The van der Waals surface area contributed by atoms with Crippen molar-refractivity contribution in [2.45, 2.75) is 39.3 Å². The number of thiophene rings is 1. The van der Waals surface area contributed by atoms with Crippen LogP contribution in [0, 0.1) is 11.3 Å². The molecule has 0 spiro atoms. The van der Waals surface area contributed by atoms with Crippen molar-refractivity contribution in [3.63, 3.8) is 0 Å². The van der Waals surface area contributed by atoms with Gasteiger partial charge < -0.3 is 14.6 Å². The number of para-hydroxylation sites is 1. The number of amides is 1. The average molecular weight is 484 g/mol. The number of hydrogen-bond acceptors (Lipinski definition) is 4. The number of aromatic nitrogens is 1. The van der Waals surface area contributed by atoms with Gasteiger partial charge in [0.15, 0.2) is 0 Å². The van der Waals surface area contributed by atoms with Crippen LogP contribution in [-0.4, -0.2) is 17.1 Å². The van der Waals surface area contributed by atoms with Gasteiger partial charge in [-0.25, -0.2) is 0 Å². The highest BCUT2D eigenvalue weighted by Crippen LogP contribution is 2.26. The van der Waals surface area contributed by atoms with E-state index in [-0.39, 0.29) is 16.9 Å². The zero-order valence-corrected chi connectivity index (χ0v) is 21.1. The minimum atomic E-state index is -0.375. The van der Waals surface area contributed by atoms with Crippen LogP contribution in [0.4, 0.5) is 0 Å². The Balaban J connectivity index is 1.47. The molecule has 0 aliphatic rings. The smallest absolute Gasteiger partial charge is 0.262 e. The van der Waals surface area contributed by atoms with Gasteiger partial charge in [0.25, 0.3) is 5.91 Å². The summed E-state index contributed by atoms with van der Waals surface area (Å²) in [5, 5.41) is 15.4. The molecule has 0 saturated carbocycles. The van der Waals surface area contributed by atoms with E-state index < -0.39 is 0 Å². The van der Waals surface area contributed by atoms with E-state index in [2.05, 4.69) is 48.9 Å². The quantitative estimate of drug-likeness (QED) is 0.236. The lowest BCUT2D eigenvalue weighted by Crippen LogP contribution is -2.23. The molecule has 4 rings (SSSR count). The summed E-state index contributed by atoms with van der Waals surface area (Å²) in [6, 6.07) is 22.2. The van der Waals surface area contributed by atoms with E-state index in [1.165, 1.54) is 5.56 Å². The average Bonchev–Trinajstić information content (AvgIpc) is 3.49. The number of carbonyl (C=O) groups excluding carboxylic acids is 1. The van der Waals surface area contributed by atoms with Crippen molar-refractivity contribution < 1.29 is 9.53 Å². The highest BCUT2D eigenvalue weighted by molar-refractivity contribution is 7.09. The fourth-order valence-corrected chi connectivity index (χ4v) is 4.51. The topological polar surface area (TPSA) is 67.0 Å². The maximum atomic E-state index is 12.6. The molecule has 0 aliphatic carbocycles. The van der Waals surface area contributed by atoms with Gasteiger partial charge in [0, 0.05) is 27.5 Å². The van der Waals surface area contributed by atoms with E-state index in [4.69, 9.17) is 4.74 Å². The molecule has 4 aromatic rings. The van der Waals surface area contributed by atoms with E-state index in [0.29, 0.717) is 19.7 Å². The van der Waals surface area contributed by atoms with E-state index in [0.717, 1.165) is 27.1 Å². The van der Waals surface area contributed by atoms with Crippen molar-refractivity contribution in [1.82, 2.24) is 9.88 Å². The minimum absolute atomic E-state index is 0.0830. The molecule has 6 heteroatoms. The van der Waals surface area contributed by atoms with E-state index >= 15 is 0 Å². The van der Waals surface area contributed by atoms with Gasteiger partial charge in [-0.3, -0.25) is 4.79 Å². The second-order valence-corrected chi connectivity index (χ2v) is 10.4. The maximum absolute atomic E-state index is 12.6. The van der Waals surface area contributed by atoms with Crippen LogP contribution < -0.4 is 10.1 Å². The summed E-state index contributed by atoms with van der Waals surface area (Å²) in [7, 11) is 0. The summed E-state index contributed by atoms with van der Waals surface area (Å²) in [4.78, 5) is 13.6. The van der Waals surface area contributed by atoms with Crippen LogP contribution in [0.5, 0.6) is 5.75 Å². The lowest BCUT2D eigenvalue weighted by Gasteiger charge is -2.19. The zero-order chi connectivity index (χ0) is 24.8. The molecule has 0 fully saturated rings. The first-order chi connectivity index (χ1) is 16.8. The number of benzene rings is 2. The van der Waals surface area contributed by atoms with Gasteiger partial charge >= 0.3 is 0 Å². The Kier molecular flexibility index (Phi) is 7.38. The Hall–Kier alpha value is -3.82. The van der Waals surface area contributed by atoms with Gasteiger partial charge in [0.05, 0.1) is 13.1 Å². The third-order valence-corrected chi connectivity index (χ3v) is 6.69. The zero-order valence-electron chi connectivity index (χ0n) is 20.2. The molecule has 178 valence electrons. The van der Waals surface area contributed by atoms with E-state index in [1.807, 2.05) is 60.1 Å². The van der Waals surface area contributed by atoms with Gasteiger partial charge in [-0.15, -0.1) is 11.3 Å². The highest BCUT2D eigenvalue weighted by Gasteiger charge is 2.14. The van der Waals surface area contributed by atoms with Crippen molar-refractivity contribution >= 4 is 34.2 Å². The van der Waals surface area contributed by atoms with Crippen LogP contribution in [0.3, 0.4) is 0 Å². The lowest BCUT2D eigenvalue weighted by molar-refractivity contribution is -0.117. The molecular formula is C29H29N3O2S. The van der Waals surface area contributed by atoms with Gasteiger partial charge in [-0.05, 0) is 46.7 Å². The Morgan fingerprint density at radius 2 is 1.89 bits per heavy atom. The van der Waals surface area contributed by atoms with Crippen molar-refractivity contribution in [2.24, 2.45) is 0 Å². The number of fused-ring (bicyclic) bond motifs is 1. The second-order valence-electron chi connectivity index (χ2n) is 9.35. The summed E-state index contributed by atoms with van der Waals surface area (Å²) in [5.74, 6) is 0.462. The number of nitrogens with one attached hydrogen (secondary N) is 1. The molecule has 1 amide bonds. The molecule has 2 aromatic carbocycles. The minimum Gasteiger partial charge on any atom is -0.492 e. The van der Waals surface area contributed by atoms with Crippen molar-refractivity contribution in [3.05, 3.63) is 93.8 Å². The van der Waals surface area contributed by atoms with Crippen LogP contribution in [0.15, 0.2) is 77.8 Å². The van der Waals surface area contributed by atoms with Gasteiger partial charge in [0.1, 0.15) is 24.0 Å². The molecule has 0 aliphatic heterocycles. The molecule has 0 bridgehead atoms. The number of nitrogens with zero attached hydrogens (tertiary/aromatic N) is 2. The maximum Gasteiger partial charge on any atom is 0.262 e. The third-order valence-electron chi connectivity index (χ3n) is 5.81. The normalized spacial score (nSPS) is 11.9. The summed E-state index contributed by atoms with van der Waals surface area (Å²) in [6.45, 7) is 8.13. The highest BCUT2D eigenvalue weighted by atomic mass is 32.1. The van der Waals surface area contributed by atoms with Crippen LogP contribution >= 0.6 is 11.3 Å². The number of nitriles is 1. The molecule has 0 saturated heterocycles. The first-order valence-corrected chi connectivity index (χ1v) is 12.5. The second kappa shape index (κ2) is 10.6. The molecule has 0 unspecified atom stereocenters. The van der Waals surface area contributed by atoms with Gasteiger partial charge in [-0.1, -0.05) is 57.2 Å². The number of carbonyl (C=O) groups is 1. The van der Waals surface area contributed by atoms with E-state index in [1.54, 1.807) is 17.4 Å². The first kappa shape index (κ1) is 24.3. The molecule has 5 nitrogen and oxygen atoms in total. The summed E-state index contributed by atoms with van der Waals surface area (Å²) in [5.41, 5.74) is 3.32. The Bertz CT molecular complexity index is 1370. The molecular weight excluding hydrogens is 454 g/mol. The molecule has 0 atom stereocenters. The summed E-state index contributed by atoms with van der Waals surface area (Å²) >= 11 is 1.57. The predicted molar refractivity (Wildman–Crippen MR) is 142 cm³/mol. The van der Waals surface area contributed by atoms with Crippen molar-refractivity contribution in [1.29, 1.82) is 5.26 Å². The fraction of sp³-hybridized carbons (Fsp3) is 0.241. The standard InChI is InChI=1S/C29H29N3O2S/c1-29(2,3)23-10-12-24(13-11-23)34-15-14-32-20-22(26-8-4-5-9-27(26)32)17-21(18-30)28(33)31-19-25-7-6-16-35-25/h4-13,16-17,20H,14-15,19H2,1-3H3,(H,31,33). The molecule has 35 heavy (non-hydrogen) atoms. The molecule has 0 radical (unpaired) electrons. The molecule has 2 aromatic heterocycles. The van der Waals surface area contributed by atoms with Crippen LogP contribution in [0.1, 0.15) is 36.8 Å². The SMILES string of the molecule is CC(C)(C)c1ccc(OCCn2cc(C=C(C#N)C(=O)NCc3cccs3)c3ccccc32)cc1. The number of hydrogen-bond donors (Lipinski definition) is 1. The monoisotopic (exact) mass is 483 g/mol. The Labute approximate surface area is 210 Å². The first-order valence-electron chi connectivity index (χ1n) is 11.6. The third kappa shape index (κ3) is 6.00. The predicted octanol–water partition coefficient (Wildman–Crippen LogP) is 6.30. The van der Waals surface area contributed by atoms with Gasteiger partial charge in [0.2, 0.25) is 0 Å². The van der Waals surface area contributed by atoms with Crippen LogP contribution in [-0.2, 0) is 23.3 Å². The van der Waals surface area contributed by atoms with Crippen molar-refractivity contribution in [2.75, 3.05) is 6.61 Å². The van der Waals surface area contributed by atoms with Crippen LogP contribution in [0.25, 0.3) is 17.0 Å². The lowest BCUT2D eigenvalue weighted by atomic mass is 9.87. The van der Waals surface area contributed by atoms with Gasteiger partial charge in [-0.2, -0.15) is 5.26 Å². The largest absolute Gasteiger partial charge is 0.492 e. The summed E-state index contributed by atoms with van der Waals surface area (Å²) < 4.78 is 8.09. The van der Waals surface area contributed by atoms with Crippen molar-refractivity contribution in [3.8, 4) is 11.8 Å². The summed E-state index contributed by atoms with van der Waals surface area (Å²) in [6.07, 6.45) is 3.63. The number of rotatable bonds is 8. The Morgan fingerprint density at radius 3 is 2.57 bits per heavy atom.